The standard InChI is InChI=1S/C20H21N3O2/c1-21-15-18-8-5-9-19(14-18)22-10-12-23(13-11-22)20(24)25-16-17-6-3-2-4-7-17/h2-9,14H,10-13,15-16H2. The molecular weight excluding hydrogens is 314 g/mol. The number of hydrogen-bond donors (Lipinski definition) is 0. The number of benzene rings is 2. The van der Waals surface area contributed by atoms with Crippen LogP contribution in [0.25, 0.3) is 4.85 Å². The van der Waals surface area contributed by atoms with Crippen molar-refractivity contribution in [3.05, 3.63) is 77.1 Å². The van der Waals surface area contributed by atoms with E-state index >= 15 is 0 Å². The van der Waals surface area contributed by atoms with Gasteiger partial charge in [-0.2, -0.15) is 0 Å². The van der Waals surface area contributed by atoms with E-state index in [0.717, 1.165) is 29.9 Å². The lowest BCUT2D eigenvalue weighted by molar-refractivity contribution is 0.0942. The average molecular weight is 335 g/mol. The highest BCUT2D eigenvalue weighted by Crippen LogP contribution is 2.19. The molecule has 3 rings (SSSR count). The second kappa shape index (κ2) is 8.20. The molecule has 0 aromatic heterocycles. The summed E-state index contributed by atoms with van der Waals surface area (Å²) in [6, 6.07) is 17.8. The van der Waals surface area contributed by atoms with Crippen molar-refractivity contribution in [2.75, 3.05) is 31.1 Å². The maximum absolute atomic E-state index is 12.2. The Morgan fingerprint density at radius 3 is 2.44 bits per heavy atom. The minimum Gasteiger partial charge on any atom is -0.445 e. The SMILES string of the molecule is [C-]#[N+]Cc1cccc(N2CCN(C(=O)OCc3ccccc3)CC2)c1. The van der Waals surface area contributed by atoms with E-state index in [4.69, 9.17) is 11.3 Å². The van der Waals surface area contributed by atoms with Crippen molar-refractivity contribution in [1.82, 2.24) is 4.90 Å². The number of rotatable bonds is 4. The molecule has 2 aromatic rings. The predicted molar refractivity (Wildman–Crippen MR) is 97.2 cm³/mol. The van der Waals surface area contributed by atoms with Crippen molar-refractivity contribution in [1.29, 1.82) is 0 Å². The zero-order valence-corrected chi connectivity index (χ0v) is 14.1. The van der Waals surface area contributed by atoms with Crippen LogP contribution in [0.1, 0.15) is 11.1 Å². The molecule has 0 aliphatic carbocycles. The number of carbonyl (C=O) groups is 1. The lowest BCUT2D eigenvalue weighted by Crippen LogP contribution is -2.48. The highest BCUT2D eigenvalue weighted by molar-refractivity contribution is 5.68. The number of amides is 1. The summed E-state index contributed by atoms with van der Waals surface area (Å²) in [6.45, 7) is 10.5. The van der Waals surface area contributed by atoms with Gasteiger partial charge in [-0.15, -0.1) is 0 Å². The molecule has 2 aromatic carbocycles. The summed E-state index contributed by atoms with van der Waals surface area (Å²) in [5.74, 6) is 0. The van der Waals surface area contributed by atoms with Crippen LogP contribution in [0.2, 0.25) is 0 Å². The van der Waals surface area contributed by atoms with Gasteiger partial charge in [0.2, 0.25) is 6.54 Å². The van der Waals surface area contributed by atoms with Gasteiger partial charge < -0.3 is 19.4 Å². The molecule has 0 atom stereocenters. The summed E-state index contributed by atoms with van der Waals surface area (Å²) < 4.78 is 5.39. The zero-order valence-electron chi connectivity index (χ0n) is 14.1. The minimum atomic E-state index is -0.259. The summed E-state index contributed by atoms with van der Waals surface area (Å²) in [7, 11) is 0. The second-order valence-electron chi connectivity index (χ2n) is 6.00. The Morgan fingerprint density at radius 2 is 1.72 bits per heavy atom. The molecule has 5 heteroatoms. The van der Waals surface area contributed by atoms with Crippen molar-refractivity contribution >= 4 is 11.8 Å². The molecule has 1 aliphatic heterocycles. The minimum absolute atomic E-state index is 0.259. The molecule has 0 radical (unpaired) electrons. The van der Waals surface area contributed by atoms with Gasteiger partial charge in [-0.1, -0.05) is 42.5 Å². The Labute approximate surface area is 148 Å². The summed E-state index contributed by atoms with van der Waals surface area (Å²) in [6.07, 6.45) is -0.259. The van der Waals surface area contributed by atoms with Crippen LogP contribution >= 0.6 is 0 Å². The fourth-order valence-electron chi connectivity index (χ4n) is 2.90. The van der Waals surface area contributed by atoms with Gasteiger partial charge >= 0.3 is 6.09 Å². The Bertz CT molecular complexity index is 747. The molecule has 5 nitrogen and oxygen atoms in total. The first-order valence-corrected chi connectivity index (χ1v) is 8.39. The number of hydrogen-bond acceptors (Lipinski definition) is 3. The molecule has 0 unspecified atom stereocenters. The quantitative estimate of drug-likeness (QED) is 0.802. The first-order valence-electron chi connectivity index (χ1n) is 8.39. The van der Waals surface area contributed by atoms with E-state index in [9.17, 15) is 4.79 Å². The van der Waals surface area contributed by atoms with Gasteiger partial charge in [-0.05, 0) is 17.7 Å². The molecule has 0 spiro atoms. The molecule has 1 heterocycles. The molecule has 0 N–H and O–H groups in total. The highest BCUT2D eigenvalue weighted by atomic mass is 16.6. The summed E-state index contributed by atoms with van der Waals surface area (Å²) >= 11 is 0. The van der Waals surface area contributed by atoms with Crippen LogP contribution in [0, 0.1) is 6.57 Å². The molecule has 1 saturated heterocycles. The Morgan fingerprint density at radius 1 is 1.00 bits per heavy atom. The third kappa shape index (κ3) is 4.51. The molecule has 1 amide bonds. The average Bonchev–Trinajstić information content (AvgIpc) is 2.67. The molecule has 0 saturated carbocycles. The smallest absolute Gasteiger partial charge is 0.410 e. The van der Waals surface area contributed by atoms with E-state index in [-0.39, 0.29) is 6.09 Å². The topological polar surface area (TPSA) is 37.1 Å². The van der Waals surface area contributed by atoms with Crippen molar-refractivity contribution in [2.45, 2.75) is 13.2 Å². The molecule has 1 fully saturated rings. The number of anilines is 1. The fourth-order valence-corrected chi connectivity index (χ4v) is 2.90. The van der Waals surface area contributed by atoms with Crippen molar-refractivity contribution in [2.24, 2.45) is 0 Å². The van der Waals surface area contributed by atoms with Crippen LogP contribution in [-0.4, -0.2) is 37.2 Å². The van der Waals surface area contributed by atoms with Gasteiger partial charge in [0.25, 0.3) is 0 Å². The van der Waals surface area contributed by atoms with E-state index in [1.54, 1.807) is 4.90 Å². The van der Waals surface area contributed by atoms with Gasteiger partial charge in [0, 0.05) is 37.4 Å². The maximum Gasteiger partial charge on any atom is 0.410 e. The molecule has 128 valence electrons. The predicted octanol–water partition coefficient (Wildman–Crippen LogP) is 3.56. The Kier molecular flexibility index (Phi) is 5.53. The van der Waals surface area contributed by atoms with Crippen LogP contribution in [-0.2, 0) is 17.9 Å². The fraction of sp³-hybridized carbons (Fsp3) is 0.300. The highest BCUT2D eigenvalue weighted by Gasteiger charge is 2.22. The molecule has 0 bridgehead atoms. The van der Waals surface area contributed by atoms with E-state index in [1.165, 1.54) is 0 Å². The summed E-state index contributed by atoms with van der Waals surface area (Å²) in [5.41, 5.74) is 3.13. The van der Waals surface area contributed by atoms with E-state index in [2.05, 4.69) is 21.9 Å². The normalized spacial score (nSPS) is 14.0. The Balaban J connectivity index is 1.50. The van der Waals surface area contributed by atoms with Gasteiger partial charge in [0.05, 0.1) is 0 Å². The van der Waals surface area contributed by atoms with Crippen LogP contribution in [0.3, 0.4) is 0 Å². The third-order valence-electron chi connectivity index (χ3n) is 4.28. The van der Waals surface area contributed by atoms with Crippen LogP contribution in [0.4, 0.5) is 10.5 Å². The molecule has 1 aliphatic rings. The van der Waals surface area contributed by atoms with Gasteiger partial charge in [-0.3, -0.25) is 0 Å². The van der Waals surface area contributed by atoms with E-state index in [0.29, 0.717) is 26.2 Å². The van der Waals surface area contributed by atoms with Gasteiger partial charge in [0.1, 0.15) is 6.61 Å². The summed E-state index contributed by atoms with van der Waals surface area (Å²) in [5, 5.41) is 0. The van der Waals surface area contributed by atoms with E-state index in [1.807, 2.05) is 42.5 Å². The lowest BCUT2D eigenvalue weighted by atomic mass is 10.1. The number of nitrogens with zero attached hydrogens (tertiary/aromatic N) is 3. The Hall–Kier alpha value is -3.00. The maximum atomic E-state index is 12.2. The van der Waals surface area contributed by atoms with Crippen molar-refractivity contribution < 1.29 is 9.53 Å². The first kappa shape index (κ1) is 16.8. The summed E-state index contributed by atoms with van der Waals surface area (Å²) in [4.78, 5) is 19.6. The monoisotopic (exact) mass is 335 g/mol. The van der Waals surface area contributed by atoms with Crippen molar-refractivity contribution in [3.8, 4) is 0 Å². The first-order chi connectivity index (χ1) is 12.3. The third-order valence-corrected chi connectivity index (χ3v) is 4.28. The van der Waals surface area contributed by atoms with Crippen LogP contribution in [0.15, 0.2) is 54.6 Å². The van der Waals surface area contributed by atoms with Crippen LogP contribution < -0.4 is 4.90 Å². The lowest BCUT2D eigenvalue weighted by Gasteiger charge is -2.35. The zero-order chi connectivity index (χ0) is 17.5. The molecular formula is C20H21N3O2. The van der Waals surface area contributed by atoms with E-state index < -0.39 is 0 Å². The largest absolute Gasteiger partial charge is 0.445 e. The van der Waals surface area contributed by atoms with Crippen molar-refractivity contribution in [3.63, 3.8) is 0 Å². The number of piperazine rings is 1. The van der Waals surface area contributed by atoms with Crippen LogP contribution in [0.5, 0.6) is 0 Å². The number of ether oxygens (including phenoxy) is 1. The molecule has 25 heavy (non-hydrogen) atoms. The van der Waals surface area contributed by atoms with Gasteiger partial charge in [-0.25, -0.2) is 11.4 Å². The second-order valence-corrected chi connectivity index (χ2v) is 6.00. The van der Waals surface area contributed by atoms with Gasteiger partial charge in [0.15, 0.2) is 0 Å². The number of carbonyl (C=O) groups excluding carboxylic acids is 1.